The van der Waals surface area contributed by atoms with E-state index in [4.69, 9.17) is 0 Å². The minimum absolute atomic E-state index is 0.105. The number of anilines is 1. The van der Waals surface area contributed by atoms with E-state index in [0.717, 1.165) is 17.6 Å². The van der Waals surface area contributed by atoms with Crippen molar-refractivity contribution >= 4 is 22.1 Å². The van der Waals surface area contributed by atoms with Gasteiger partial charge in [-0.15, -0.1) is 0 Å². The van der Waals surface area contributed by atoms with Gasteiger partial charge in [0.05, 0.1) is 10.3 Å². The first kappa shape index (κ1) is 14.2. The van der Waals surface area contributed by atoms with Gasteiger partial charge in [0.1, 0.15) is 0 Å². The van der Waals surface area contributed by atoms with Crippen LogP contribution in [0, 0.1) is 10.1 Å². The third-order valence-electron chi connectivity index (χ3n) is 3.46. The van der Waals surface area contributed by atoms with E-state index in [2.05, 4.69) is 22.1 Å². The Morgan fingerprint density at radius 2 is 2.10 bits per heavy atom. The molecule has 1 N–H and O–H groups in total. The number of benzene rings is 1. The van der Waals surface area contributed by atoms with E-state index in [1.165, 1.54) is 6.07 Å². The zero-order valence-electron chi connectivity index (χ0n) is 11.8. The molecule has 6 heteroatoms. The van der Waals surface area contributed by atoms with Crippen LogP contribution in [0.15, 0.2) is 30.6 Å². The van der Waals surface area contributed by atoms with Gasteiger partial charge >= 0.3 is 0 Å². The first-order chi connectivity index (χ1) is 9.50. The Labute approximate surface area is 117 Å². The van der Waals surface area contributed by atoms with E-state index in [-0.39, 0.29) is 10.6 Å². The van der Waals surface area contributed by atoms with E-state index < -0.39 is 0 Å². The maximum atomic E-state index is 11.0. The highest BCUT2D eigenvalue weighted by Crippen LogP contribution is 2.30. The second-order valence-corrected chi connectivity index (χ2v) is 5.00. The monoisotopic (exact) mass is 274 g/mol. The summed E-state index contributed by atoms with van der Waals surface area (Å²) in [4.78, 5) is 16.8. The summed E-state index contributed by atoms with van der Waals surface area (Å²) in [5, 5.41) is 15.7. The molecule has 1 unspecified atom stereocenters. The van der Waals surface area contributed by atoms with Crippen LogP contribution in [0.1, 0.15) is 6.92 Å². The lowest BCUT2D eigenvalue weighted by molar-refractivity contribution is -0.383. The number of pyridine rings is 1. The van der Waals surface area contributed by atoms with Gasteiger partial charge in [0.15, 0.2) is 0 Å². The minimum atomic E-state index is -0.367. The average molecular weight is 274 g/mol. The molecule has 0 spiro atoms. The Hall–Kier alpha value is -2.21. The van der Waals surface area contributed by atoms with Crippen LogP contribution in [0.4, 0.5) is 11.4 Å². The summed E-state index contributed by atoms with van der Waals surface area (Å²) >= 11 is 0. The molecule has 1 heterocycles. The number of rotatable bonds is 5. The van der Waals surface area contributed by atoms with Crippen molar-refractivity contribution in [3.8, 4) is 0 Å². The topological polar surface area (TPSA) is 71.3 Å². The molecule has 0 bridgehead atoms. The van der Waals surface area contributed by atoms with E-state index in [1.807, 2.05) is 14.1 Å². The van der Waals surface area contributed by atoms with Crippen molar-refractivity contribution < 1.29 is 4.92 Å². The molecule has 0 saturated carbocycles. The van der Waals surface area contributed by atoms with Crippen molar-refractivity contribution in [2.45, 2.75) is 13.0 Å². The quantitative estimate of drug-likeness (QED) is 0.670. The highest BCUT2D eigenvalue weighted by atomic mass is 16.6. The minimum Gasteiger partial charge on any atom is -0.383 e. The highest BCUT2D eigenvalue weighted by molar-refractivity contribution is 5.99. The zero-order valence-corrected chi connectivity index (χ0v) is 11.8. The predicted molar refractivity (Wildman–Crippen MR) is 80.0 cm³/mol. The Morgan fingerprint density at radius 3 is 2.75 bits per heavy atom. The average Bonchev–Trinajstić information content (AvgIpc) is 2.43. The number of likely N-dealkylation sites (N-methyl/N-ethyl adjacent to an activating group) is 1. The van der Waals surface area contributed by atoms with Gasteiger partial charge in [0, 0.05) is 42.1 Å². The van der Waals surface area contributed by atoms with Crippen LogP contribution in [0.5, 0.6) is 0 Å². The maximum absolute atomic E-state index is 11.0. The number of hydrogen-bond acceptors (Lipinski definition) is 5. The molecule has 0 aliphatic rings. The third-order valence-corrected chi connectivity index (χ3v) is 3.46. The van der Waals surface area contributed by atoms with Gasteiger partial charge in [-0.05, 0) is 33.2 Å². The van der Waals surface area contributed by atoms with Crippen LogP contribution in [-0.4, -0.2) is 41.5 Å². The number of nitrogens with one attached hydrogen (secondary N) is 1. The van der Waals surface area contributed by atoms with Crippen LogP contribution in [0.25, 0.3) is 10.8 Å². The fourth-order valence-corrected chi connectivity index (χ4v) is 1.93. The summed E-state index contributed by atoms with van der Waals surface area (Å²) in [6.07, 6.45) is 3.23. The number of nitro benzene ring substituents is 1. The van der Waals surface area contributed by atoms with Crippen LogP contribution < -0.4 is 5.32 Å². The van der Waals surface area contributed by atoms with E-state index in [1.54, 1.807) is 24.5 Å². The molecule has 2 rings (SSSR count). The molecule has 20 heavy (non-hydrogen) atoms. The summed E-state index contributed by atoms with van der Waals surface area (Å²) in [6, 6.07) is 5.31. The predicted octanol–water partition coefficient (Wildman–Crippen LogP) is 2.51. The molecule has 1 aromatic heterocycles. The van der Waals surface area contributed by atoms with E-state index >= 15 is 0 Å². The summed E-state index contributed by atoms with van der Waals surface area (Å²) in [7, 11) is 4.03. The lowest BCUT2D eigenvalue weighted by atomic mass is 10.1. The van der Waals surface area contributed by atoms with Crippen LogP contribution in [0.3, 0.4) is 0 Å². The van der Waals surface area contributed by atoms with Crippen molar-refractivity contribution in [1.82, 2.24) is 9.88 Å². The Bertz CT molecular complexity index is 628. The molecule has 0 saturated heterocycles. The highest BCUT2D eigenvalue weighted by Gasteiger charge is 2.14. The number of nitro groups is 1. The zero-order chi connectivity index (χ0) is 14.7. The SMILES string of the molecule is CC(CNc1ccc([N+](=O)[O-])c2ccncc12)N(C)C. The molecule has 0 aliphatic carbocycles. The number of aromatic nitrogens is 1. The summed E-state index contributed by atoms with van der Waals surface area (Å²) in [5.74, 6) is 0. The third kappa shape index (κ3) is 2.85. The molecule has 1 atom stereocenters. The molecular formula is C14H18N4O2. The molecular weight excluding hydrogens is 256 g/mol. The first-order valence-electron chi connectivity index (χ1n) is 6.42. The fourth-order valence-electron chi connectivity index (χ4n) is 1.93. The van der Waals surface area contributed by atoms with Crippen molar-refractivity contribution in [3.05, 3.63) is 40.7 Å². The number of fused-ring (bicyclic) bond motifs is 1. The number of nitrogens with zero attached hydrogens (tertiary/aromatic N) is 3. The van der Waals surface area contributed by atoms with Crippen molar-refractivity contribution in [3.63, 3.8) is 0 Å². The Balaban J connectivity index is 2.36. The molecule has 0 amide bonds. The smallest absolute Gasteiger partial charge is 0.277 e. The normalized spacial score (nSPS) is 12.6. The number of hydrogen-bond donors (Lipinski definition) is 1. The molecule has 106 valence electrons. The lowest BCUT2D eigenvalue weighted by Gasteiger charge is -2.21. The molecule has 0 radical (unpaired) electrons. The van der Waals surface area contributed by atoms with Gasteiger partial charge in [-0.3, -0.25) is 15.1 Å². The molecule has 1 aromatic carbocycles. The molecule has 0 fully saturated rings. The van der Waals surface area contributed by atoms with Crippen molar-refractivity contribution in [1.29, 1.82) is 0 Å². The Kier molecular flexibility index (Phi) is 4.14. The largest absolute Gasteiger partial charge is 0.383 e. The first-order valence-corrected chi connectivity index (χ1v) is 6.42. The second-order valence-electron chi connectivity index (χ2n) is 5.00. The van der Waals surface area contributed by atoms with Gasteiger partial charge < -0.3 is 10.2 Å². The van der Waals surface area contributed by atoms with Crippen LogP contribution >= 0.6 is 0 Å². The summed E-state index contributed by atoms with van der Waals surface area (Å²) in [6.45, 7) is 2.87. The van der Waals surface area contributed by atoms with Gasteiger partial charge in [0.2, 0.25) is 0 Å². The fraction of sp³-hybridized carbons (Fsp3) is 0.357. The van der Waals surface area contributed by atoms with Gasteiger partial charge in [0.25, 0.3) is 5.69 Å². The molecule has 2 aromatic rings. The van der Waals surface area contributed by atoms with Crippen molar-refractivity contribution in [2.75, 3.05) is 26.0 Å². The molecule has 6 nitrogen and oxygen atoms in total. The van der Waals surface area contributed by atoms with E-state index in [9.17, 15) is 10.1 Å². The van der Waals surface area contributed by atoms with Crippen LogP contribution in [0.2, 0.25) is 0 Å². The van der Waals surface area contributed by atoms with Crippen LogP contribution in [-0.2, 0) is 0 Å². The van der Waals surface area contributed by atoms with Gasteiger partial charge in [-0.1, -0.05) is 0 Å². The van der Waals surface area contributed by atoms with Gasteiger partial charge in [-0.25, -0.2) is 0 Å². The summed E-state index contributed by atoms with van der Waals surface area (Å²) < 4.78 is 0. The maximum Gasteiger partial charge on any atom is 0.277 e. The van der Waals surface area contributed by atoms with E-state index in [0.29, 0.717) is 11.4 Å². The number of non-ortho nitro benzene ring substituents is 1. The van der Waals surface area contributed by atoms with Crippen molar-refractivity contribution in [2.24, 2.45) is 0 Å². The molecule has 0 aliphatic heterocycles. The Morgan fingerprint density at radius 1 is 1.35 bits per heavy atom. The van der Waals surface area contributed by atoms with Gasteiger partial charge in [-0.2, -0.15) is 0 Å². The summed E-state index contributed by atoms with van der Waals surface area (Å²) in [5.41, 5.74) is 0.973. The lowest BCUT2D eigenvalue weighted by Crippen LogP contribution is -2.31. The second kappa shape index (κ2) is 5.83. The standard InChI is InChI=1S/C14H18N4O2/c1-10(17(2)3)8-16-13-4-5-14(18(19)20)11-6-7-15-9-12(11)13/h4-7,9-10,16H,8H2,1-3H3.